The smallest absolute Gasteiger partial charge is 0.407 e. The molecule has 1 amide bonds. The molecule has 1 rings (SSSR count). The van der Waals surface area contributed by atoms with Crippen LogP contribution in [0, 0.1) is 0 Å². The Morgan fingerprint density at radius 2 is 1.90 bits per heavy atom. The lowest BCUT2D eigenvalue weighted by molar-refractivity contribution is 0.0424. The highest BCUT2D eigenvalue weighted by Crippen LogP contribution is 2.10. The third kappa shape index (κ3) is 7.11. The van der Waals surface area contributed by atoms with Gasteiger partial charge in [0.2, 0.25) is 0 Å². The molecule has 0 aliphatic heterocycles. The molecule has 0 bridgehead atoms. The largest absolute Gasteiger partial charge is 0.444 e. The van der Waals surface area contributed by atoms with E-state index in [4.69, 9.17) is 4.74 Å². The van der Waals surface area contributed by atoms with E-state index in [1.165, 1.54) is 0 Å². The number of likely N-dealkylation sites (N-methyl/N-ethyl adjacent to an activating group) is 1. The molecular formula is C16H26N2O3. The summed E-state index contributed by atoms with van der Waals surface area (Å²) in [4.78, 5) is 11.9. The molecule has 0 fully saturated rings. The molecule has 0 aliphatic carbocycles. The van der Waals surface area contributed by atoms with Gasteiger partial charge in [0.1, 0.15) is 5.60 Å². The number of nitrogens with one attached hydrogen (secondary N) is 2. The normalized spacial score (nSPS) is 14.3. The number of hydrogen-bond donors (Lipinski definition) is 3. The Hall–Kier alpha value is -1.59. The number of hydrogen-bond acceptors (Lipinski definition) is 4. The van der Waals surface area contributed by atoms with Gasteiger partial charge in [-0.1, -0.05) is 30.3 Å². The third-order valence-corrected chi connectivity index (χ3v) is 2.88. The summed E-state index contributed by atoms with van der Waals surface area (Å²) in [6.07, 6.45) is -0.663. The van der Waals surface area contributed by atoms with Gasteiger partial charge in [0, 0.05) is 6.54 Å². The summed E-state index contributed by atoms with van der Waals surface area (Å²) >= 11 is 0. The first-order valence-corrected chi connectivity index (χ1v) is 7.18. The Morgan fingerprint density at radius 3 is 2.43 bits per heavy atom. The molecule has 0 spiro atoms. The van der Waals surface area contributed by atoms with Gasteiger partial charge >= 0.3 is 6.09 Å². The van der Waals surface area contributed by atoms with E-state index in [9.17, 15) is 9.90 Å². The molecule has 118 valence electrons. The standard InChI is InChI=1S/C16H26N2O3/c1-16(2,3)21-15(20)18-13(14(19)11-17-4)10-12-8-6-5-7-9-12/h5-9,13-14,17,19H,10-11H2,1-4H3,(H,18,20)/t13-,14-/m1/s1. The minimum absolute atomic E-state index is 0.396. The summed E-state index contributed by atoms with van der Waals surface area (Å²) in [6.45, 7) is 5.82. The third-order valence-electron chi connectivity index (χ3n) is 2.88. The van der Waals surface area contributed by atoms with Crippen LogP contribution in [-0.4, -0.2) is 42.5 Å². The number of amides is 1. The number of carbonyl (C=O) groups excluding carboxylic acids is 1. The van der Waals surface area contributed by atoms with Crippen LogP contribution in [-0.2, 0) is 11.2 Å². The quantitative estimate of drug-likeness (QED) is 0.747. The van der Waals surface area contributed by atoms with E-state index >= 15 is 0 Å². The minimum Gasteiger partial charge on any atom is -0.444 e. The van der Waals surface area contributed by atoms with Crippen LogP contribution in [0.5, 0.6) is 0 Å². The average molecular weight is 294 g/mol. The van der Waals surface area contributed by atoms with Gasteiger partial charge in [0.05, 0.1) is 12.1 Å². The van der Waals surface area contributed by atoms with Crippen LogP contribution in [0.25, 0.3) is 0 Å². The Kier molecular flexibility index (Phi) is 6.65. The number of alkyl carbamates (subject to hydrolysis) is 1. The van der Waals surface area contributed by atoms with Crippen molar-refractivity contribution in [3.8, 4) is 0 Å². The summed E-state index contributed by atoms with van der Waals surface area (Å²) in [5.74, 6) is 0. The van der Waals surface area contributed by atoms with Crippen molar-refractivity contribution in [3.05, 3.63) is 35.9 Å². The fourth-order valence-corrected chi connectivity index (χ4v) is 1.96. The van der Waals surface area contributed by atoms with Crippen molar-refractivity contribution < 1.29 is 14.6 Å². The monoisotopic (exact) mass is 294 g/mol. The van der Waals surface area contributed by atoms with Gasteiger partial charge in [-0.25, -0.2) is 4.79 Å². The minimum atomic E-state index is -0.692. The maximum absolute atomic E-state index is 11.9. The number of carbonyl (C=O) groups is 1. The van der Waals surface area contributed by atoms with Gasteiger partial charge in [-0.3, -0.25) is 0 Å². The number of rotatable bonds is 6. The van der Waals surface area contributed by atoms with Gasteiger partial charge in [-0.2, -0.15) is 0 Å². The second kappa shape index (κ2) is 8.00. The van der Waals surface area contributed by atoms with Crippen molar-refractivity contribution in [2.45, 2.75) is 44.9 Å². The molecule has 21 heavy (non-hydrogen) atoms. The van der Waals surface area contributed by atoms with Gasteiger partial charge in [-0.15, -0.1) is 0 Å². The Labute approximate surface area is 126 Å². The first kappa shape index (κ1) is 17.5. The van der Waals surface area contributed by atoms with Crippen molar-refractivity contribution in [2.24, 2.45) is 0 Å². The summed E-state index contributed by atoms with van der Waals surface area (Å²) in [5.41, 5.74) is 0.490. The van der Waals surface area contributed by atoms with E-state index in [2.05, 4.69) is 10.6 Å². The van der Waals surface area contributed by atoms with E-state index < -0.39 is 23.8 Å². The average Bonchev–Trinajstić information content (AvgIpc) is 2.37. The Bertz CT molecular complexity index is 429. The van der Waals surface area contributed by atoms with Crippen LogP contribution in [0.1, 0.15) is 26.3 Å². The van der Waals surface area contributed by atoms with E-state index in [0.29, 0.717) is 13.0 Å². The molecular weight excluding hydrogens is 268 g/mol. The molecule has 1 aromatic rings. The van der Waals surface area contributed by atoms with E-state index in [1.54, 1.807) is 7.05 Å². The van der Waals surface area contributed by atoms with E-state index in [1.807, 2.05) is 51.1 Å². The van der Waals surface area contributed by atoms with Crippen LogP contribution in [0.2, 0.25) is 0 Å². The SMILES string of the molecule is CNC[C@@H](O)[C@@H](Cc1ccccc1)NC(=O)OC(C)(C)C. The fraction of sp³-hybridized carbons (Fsp3) is 0.562. The van der Waals surface area contributed by atoms with Crippen LogP contribution in [0.15, 0.2) is 30.3 Å². The van der Waals surface area contributed by atoms with E-state index in [0.717, 1.165) is 5.56 Å². The fourth-order valence-electron chi connectivity index (χ4n) is 1.96. The number of ether oxygens (including phenoxy) is 1. The van der Waals surface area contributed by atoms with E-state index in [-0.39, 0.29) is 0 Å². The maximum Gasteiger partial charge on any atom is 0.407 e. The lowest BCUT2D eigenvalue weighted by Crippen LogP contribution is -2.49. The Morgan fingerprint density at radius 1 is 1.29 bits per heavy atom. The summed E-state index contributed by atoms with van der Waals surface area (Å²) < 4.78 is 5.25. The first-order chi connectivity index (χ1) is 9.81. The highest BCUT2D eigenvalue weighted by Gasteiger charge is 2.24. The summed E-state index contributed by atoms with van der Waals surface area (Å²) in [5, 5.41) is 15.9. The molecule has 0 unspecified atom stereocenters. The second-order valence-corrected chi connectivity index (χ2v) is 6.07. The molecule has 0 saturated carbocycles. The van der Waals surface area contributed by atoms with Crippen molar-refractivity contribution in [3.63, 3.8) is 0 Å². The van der Waals surface area contributed by atoms with Crippen molar-refractivity contribution >= 4 is 6.09 Å². The van der Waals surface area contributed by atoms with Crippen LogP contribution < -0.4 is 10.6 Å². The molecule has 0 saturated heterocycles. The topological polar surface area (TPSA) is 70.6 Å². The predicted molar refractivity (Wildman–Crippen MR) is 83.2 cm³/mol. The lowest BCUT2D eigenvalue weighted by Gasteiger charge is -2.26. The van der Waals surface area contributed by atoms with Gasteiger partial charge in [-0.05, 0) is 39.8 Å². The zero-order valence-corrected chi connectivity index (χ0v) is 13.2. The molecule has 5 heteroatoms. The molecule has 5 nitrogen and oxygen atoms in total. The zero-order valence-electron chi connectivity index (χ0n) is 13.2. The summed E-state index contributed by atoms with van der Waals surface area (Å²) in [7, 11) is 1.76. The summed E-state index contributed by atoms with van der Waals surface area (Å²) in [6, 6.07) is 9.33. The van der Waals surface area contributed by atoms with Gasteiger partial charge in [0.15, 0.2) is 0 Å². The zero-order chi connectivity index (χ0) is 15.9. The molecule has 0 radical (unpaired) electrons. The lowest BCUT2D eigenvalue weighted by atomic mass is 10.0. The molecule has 3 N–H and O–H groups in total. The second-order valence-electron chi connectivity index (χ2n) is 6.07. The first-order valence-electron chi connectivity index (χ1n) is 7.18. The van der Waals surface area contributed by atoms with Crippen molar-refractivity contribution in [1.82, 2.24) is 10.6 Å². The highest BCUT2D eigenvalue weighted by atomic mass is 16.6. The molecule has 0 heterocycles. The molecule has 2 atom stereocenters. The maximum atomic E-state index is 11.9. The molecule has 0 aromatic heterocycles. The van der Waals surface area contributed by atoms with Gasteiger partial charge < -0.3 is 20.5 Å². The number of aliphatic hydroxyl groups excluding tert-OH is 1. The van der Waals surface area contributed by atoms with Gasteiger partial charge in [0.25, 0.3) is 0 Å². The van der Waals surface area contributed by atoms with Crippen LogP contribution >= 0.6 is 0 Å². The molecule has 1 aromatic carbocycles. The number of aliphatic hydroxyl groups is 1. The predicted octanol–water partition coefficient (Wildman–Crippen LogP) is 1.70. The van der Waals surface area contributed by atoms with Crippen LogP contribution in [0.4, 0.5) is 4.79 Å². The molecule has 0 aliphatic rings. The van der Waals surface area contributed by atoms with Crippen LogP contribution in [0.3, 0.4) is 0 Å². The van der Waals surface area contributed by atoms with Crippen molar-refractivity contribution in [2.75, 3.05) is 13.6 Å². The number of benzene rings is 1. The highest BCUT2D eigenvalue weighted by molar-refractivity contribution is 5.68. The Balaban J connectivity index is 2.71. The van der Waals surface area contributed by atoms with Crippen molar-refractivity contribution in [1.29, 1.82) is 0 Å².